The van der Waals surface area contributed by atoms with Gasteiger partial charge in [-0.25, -0.2) is 0 Å². The third kappa shape index (κ3) is 5.18. The summed E-state index contributed by atoms with van der Waals surface area (Å²) in [6.45, 7) is 3.30. The number of ether oxygens (including phenoxy) is 2. The van der Waals surface area contributed by atoms with Gasteiger partial charge in [0.2, 0.25) is 5.91 Å². The number of halogens is 2. The van der Waals surface area contributed by atoms with Crippen molar-refractivity contribution in [1.82, 2.24) is 4.90 Å². The van der Waals surface area contributed by atoms with Crippen molar-refractivity contribution >= 4 is 12.0 Å². The fourth-order valence-corrected chi connectivity index (χ4v) is 3.20. The highest BCUT2D eigenvalue weighted by Crippen LogP contribution is 2.30. The highest BCUT2D eigenvalue weighted by Gasteiger charge is 2.27. The molecule has 1 aliphatic heterocycles. The molecule has 4 nitrogen and oxygen atoms in total. The van der Waals surface area contributed by atoms with Crippen molar-refractivity contribution in [1.29, 1.82) is 0 Å². The predicted molar refractivity (Wildman–Crippen MR) is 92.9 cm³/mol. The van der Waals surface area contributed by atoms with Gasteiger partial charge >= 0.3 is 6.61 Å². The van der Waals surface area contributed by atoms with Crippen LogP contribution in [0.2, 0.25) is 0 Å². The molecular weight excluding hydrogens is 328 g/mol. The molecule has 1 saturated heterocycles. The Morgan fingerprint density at radius 3 is 2.56 bits per heavy atom. The molecule has 1 heterocycles. The van der Waals surface area contributed by atoms with E-state index in [9.17, 15) is 13.6 Å². The lowest BCUT2D eigenvalue weighted by Crippen LogP contribution is -2.46. The molecule has 2 unspecified atom stereocenters. The average Bonchev–Trinajstić information content (AvgIpc) is 2.54. The second kappa shape index (κ2) is 8.83. The molecule has 25 heavy (non-hydrogen) atoms. The van der Waals surface area contributed by atoms with E-state index in [1.165, 1.54) is 12.1 Å². The van der Waals surface area contributed by atoms with Crippen LogP contribution in [0.3, 0.4) is 0 Å². The van der Waals surface area contributed by atoms with Crippen LogP contribution in [-0.2, 0) is 4.79 Å². The first kappa shape index (κ1) is 19.2. The van der Waals surface area contributed by atoms with E-state index >= 15 is 0 Å². The first-order chi connectivity index (χ1) is 11.9. The van der Waals surface area contributed by atoms with Gasteiger partial charge in [0.1, 0.15) is 0 Å². The number of carbonyl (C=O) groups is 1. The Kier molecular flexibility index (Phi) is 6.79. The average molecular weight is 353 g/mol. The minimum atomic E-state index is -2.91. The molecule has 0 aromatic heterocycles. The summed E-state index contributed by atoms with van der Waals surface area (Å²) in [5.74, 6) is 0.182. The molecular formula is C19H25F2NO3. The summed E-state index contributed by atoms with van der Waals surface area (Å²) < 4.78 is 34.7. The van der Waals surface area contributed by atoms with Crippen molar-refractivity contribution in [3.63, 3.8) is 0 Å². The van der Waals surface area contributed by atoms with Crippen molar-refractivity contribution in [3.05, 3.63) is 29.8 Å². The van der Waals surface area contributed by atoms with Gasteiger partial charge in [0.05, 0.1) is 6.61 Å². The summed E-state index contributed by atoms with van der Waals surface area (Å²) >= 11 is 0. The maximum absolute atomic E-state index is 12.5. The highest BCUT2D eigenvalue weighted by atomic mass is 19.3. The van der Waals surface area contributed by atoms with Crippen LogP contribution in [-0.4, -0.2) is 36.1 Å². The molecule has 1 amide bonds. The molecule has 2 atom stereocenters. The largest absolute Gasteiger partial charge is 0.490 e. The number of alkyl halides is 2. The SMILES string of the molecule is CCOc1cc(/C=C/C(=O)N2C(C)CCCC2C)ccc1OC(F)F. The number of piperidine rings is 1. The van der Waals surface area contributed by atoms with Crippen LogP contribution in [0.1, 0.15) is 45.6 Å². The van der Waals surface area contributed by atoms with Gasteiger partial charge in [-0.05, 0) is 63.8 Å². The van der Waals surface area contributed by atoms with Gasteiger partial charge in [-0.2, -0.15) is 8.78 Å². The van der Waals surface area contributed by atoms with E-state index in [1.807, 2.05) is 4.90 Å². The maximum Gasteiger partial charge on any atom is 0.387 e. The third-order valence-corrected chi connectivity index (χ3v) is 4.35. The zero-order chi connectivity index (χ0) is 18.4. The van der Waals surface area contributed by atoms with Gasteiger partial charge in [-0.1, -0.05) is 6.07 Å². The van der Waals surface area contributed by atoms with Crippen LogP contribution in [0.25, 0.3) is 6.08 Å². The summed E-state index contributed by atoms with van der Waals surface area (Å²) in [6, 6.07) is 5.08. The standard InChI is InChI=1S/C19H25F2NO3/c1-4-24-17-12-15(8-10-16(17)25-19(20)21)9-11-18(23)22-13(2)6-5-7-14(22)3/h8-14,19H,4-7H2,1-3H3/b11-9+. The minimum Gasteiger partial charge on any atom is -0.490 e. The molecule has 0 bridgehead atoms. The van der Waals surface area contributed by atoms with Crippen LogP contribution in [0.4, 0.5) is 8.78 Å². The minimum absolute atomic E-state index is 0.0152. The Bertz CT molecular complexity index is 609. The Morgan fingerprint density at radius 1 is 1.28 bits per heavy atom. The van der Waals surface area contributed by atoms with Crippen LogP contribution < -0.4 is 9.47 Å². The lowest BCUT2D eigenvalue weighted by molar-refractivity contribution is -0.131. The summed E-state index contributed by atoms with van der Waals surface area (Å²) in [7, 11) is 0. The van der Waals surface area contributed by atoms with Gasteiger partial charge in [0, 0.05) is 18.2 Å². The van der Waals surface area contributed by atoms with E-state index in [0.29, 0.717) is 12.2 Å². The molecule has 138 valence electrons. The number of hydrogen-bond donors (Lipinski definition) is 0. The number of likely N-dealkylation sites (tertiary alicyclic amines) is 1. The van der Waals surface area contributed by atoms with Crippen molar-refractivity contribution < 1.29 is 23.0 Å². The van der Waals surface area contributed by atoms with E-state index in [2.05, 4.69) is 18.6 Å². The number of rotatable bonds is 6. The summed E-state index contributed by atoms with van der Waals surface area (Å²) in [6.07, 6.45) is 6.36. The molecule has 0 saturated carbocycles. The van der Waals surface area contributed by atoms with E-state index in [-0.39, 0.29) is 29.5 Å². The molecule has 1 aromatic rings. The Hall–Kier alpha value is -2.11. The van der Waals surface area contributed by atoms with Crippen LogP contribution in [0.5, 0.6) is 11.5 Å². The summed E-state index contributed by atoms with van der Waals surface area (Å²) in [5.41, 5.74) is 0.690. The van der Waals surface area contributed by atoms with Crippen LogP contribution in [0, 0.1) is 0 Å². The number of hydrogen-bond acceptors (Lipinski definition) is 3. The molecule has 1 fully saturated rings. The molecule has 0 spiro atoms. The fourth-order valence-electron chi connectivity index (χ4n) is 3.20. The molecule has 0 aliphatic carbocycles. The van der Waals surface area contributed by atoms with E-state index in [0.717, 1.165) is 19.3 Å². The lowest BCUT2D eigenvalue weighted by atomic mass is 9.97. The monoisotopic (exact) mass is 353 g/mol. The second-order valence-corrected chi connectivity index (χ2v) is 6.23. The number of benzene rings is 1. The molecule has 0 radical (unpaired) electrons. The second-order valence-electron chi connectivity index (χ2n) is 6.23. The third-order valence-electron chi connectivity index (χ3n) is 4.35. The normalized spacial score (nSPS) is 21.0. The Labute approximate surface area is 147 Å². The van der Waals surface area contributed by atoms with Gasteiger partial charge in [-0.15, -0.1) is 0 Å². The topological polar surface area (TPSA) is 38.8 Å². The summed E-state index contributed by atoms with van der Waals surface area (Å²) in [5, 5.41) is 0. The first-order valence-electron chi connectivity index (χ1n) is 8.64. The maximum atomic E-state index is 12.5. The smallest absolute Gasteiger partial charge is 0.387 e. The van der Waals surface area contributed by atoms with Gasteiger partial charge in [0.15, 0.2) is 11.5 Å². The zero-order valence-electron chi connectivity index (χ0n) is 14.9. The van der Waals surface area contributed by atoms with Gasteiger partial charge in [-0.3, -0.25) is 4.79 Å². The molecule has 1 aromatic carbocycles. The van der Waals surface area contributed by atoms with Crippen molar-refractivity contribution in [2.24, 2.45) is 0 Å². The molecule has 2 rings (SSSR count). The van der Waals surface area contributed by atoms with Crippen LogP contribution in [0.15, 0.2) is 24.3 Å². The zero-order valence-corrected chi connectivity index (χ0v) is 14.9. The van der Waals surface area contributed by atoms with E-state index in [1.54, 1.807) is 25.1 Å². The fraction of sp³-hybridized carbons (Fsp3) is 0.526. The highest BCUT2D eigenvalue weighted by molar-refractivity contribution is 5.92. The number of amides is 1. The summed E-state index contributed by atoms with van der Waals surface area (Å²) in [4.78, 5) is 14.4. The number of nitrogens with zero attached hydrogens (tertiary/aromatic N) is 1. The lowest BCUT2D eigenvalue weighted by Gasteiger charge is -2.38. The van der Waals surface area contributed by atoms with Gasteiger partial charge in [0.25, 0.3) is 0 Å². The Balaban J connectivity index is 2.14. The van der Waals surface area contributed by atoms with Gasteiger partial charge < -0.3 is 14.4 Å². The van der Waals surface area contributed by atoms with Crippen molar-refractivity contribution in [2.45, 2.75) is 58.7 Å². The Morgan fingerprint density at radius 2 is 1.96 bits per heavy atom. The molecule has 6 heteroatoms. The quantitative estimate of drug-likeness (QED) is 0.708. The van der Waals surface area contributed by atoms with Crippen molar-refractivity contribution in [3.8, 4) is 11.5 Å². The van der Waals surface area contributed by atoms with Crippen LogP contribution >= 0.6 is 0 Å². The van der Waals surface area contributed by atoms with E-state index in [4.69, 9.17) is 4.74 Å². The molecule has 1 aliphatic rings. The first-order valence-corrected chi connectivity index (χ1v) is 8.64. The molecule has 0 N–H and O–H groups in total. The predicted octanol–water partition coefficient (Wildman–Crippen LogP) is 4.49. The van der Waals surface area contributed by atoms with Crippen molar-refractivity contribution in [2.75, 3.05) is 6.61 Å². The number of carbonyl (C=O) groups excluding carboxylic acids is 1. The van der Waals surface area contributed by atoms with E-state index < -0.39 is 6.61 Å².